The van der Waals surface area contributed by atoms with E-state index in [-0.39, 0.29) is 11.8 Å². The largest absolute Gasteiger partial charge is 0.479 e. The van der Waals surface area contributed by atoms with Crippen LogP contribution in [0.3, 0.4) is 0 Å². The van der Waals surface area contributed by atoms with Gasteiger partial charge in [0, 0.05) is 18.8 Å². The van der Waals surface area contributed by atoms with E-state index in [2.05, 4.69) is 10.2 Å². The third kappa shape index (κ3) is 4.82. The first kappa shape index (κ1) is 20.4. The predicted molar refractivity (Wildman–Crippen MR) is 118 cm³/mol. The Hall–Kier alpha value is -2.86. The molecule has 2 aromatic rings. The van der Waals surface area contributed by atoms with Crippen LogP contribution in [0.25, 0.3) is 0 Å². The van der Waals surface area contributed by atoms with Gasteiger partial charge in [-0.05, 0) is 56.6 Å². The molecule has 2 aliphatic rings. The van der Waals surface area contributed by atoms with E-state index in [0.717, 1.165) is 30.9 Å². The molecular formula is C24H29N3O3. The molecule has 1 saturated heterocycles. The minimum Gasteiger partial charge on any atom is -0.479 e. The van der Waals surface area contributed by atoms with Crippen LogP contribution in [0.5, 0.6) is 5.75 Å². The Balaban J connectivity index is 1.47. The summed E-state index contributed by atoms with van der Waals surface area (Å²) in [5, 5.41) is 2.95. The van der Waals surface area contributed by atoms with Crippen molar-refractivity contribution in [1.29, 1.82) is 0 Å². The highest BCUT2D eigenvalue weighted by Crippen LogP contribution is 2.36. The SMILES string of the molecule is CC1Oc2ccc(NC(=O)Cc3ccccc3)cc2N(CCN2CCCCC2)C1=O. The van der Waals surface area contributed by atoms with Crippen LogP contribution < -0.4 is 15.0 Å². The average molecular weight is 408 g/mol. The lowest BCUT2D eigenvalue weighted by Gasteiger charge is -2.35. The van der Waals surface area contributed by atoms with E-state index >= 15 is 0 Å². The molecule has 0 aliphatic carbocycles. The summed E-state index contributed by atoms with van der Waals surface area (Å²) in [5.74, 6) is 0.562. The van der Waals surface area contributed by atoms with Crippen LogP contribution in [0, 0.1) is 0 Å². The van der Waals surface area contributed by atoms with Crippen molar-refractivity contribution in [1.82, 2.24) is 4.90 Å². The number of anilines is 2. The van der Waals surface area contributed by atoms with Crippen molar-refractivity contribution in [3.05, 3.63) is 54.1 Å². The third-order valence-corrected chi connectivity index (χ3v) is 5.75. The number of nitrogens with zero attached hydrogens (tertiary/aromatic N) is 2. The van der Waals surface area contributed by atoms with E-state index in [1.807, 2.05) is 53.4 Å². The Morgan fingerprint density at radius 3 is 2.60 bits per heavy atom. The number of ether oxygens (including phenoxy) is 1. The Labute approximate surface area is 177 Å². The van der Waals surface area contributed by atoms with Gasteiger partial charge in [-0.2, -0.15) is 0 Å². The summed E-state index contributed by atoms with van der Waals surface area (Å²) >= 11 is 0. The van der Waals surface area contributed by atoms with E-state index < -0.39 is 6.10 Å². The maximum atomic E-state index is 12.8. The Bertz CT molecular complexity index is 894. The fourth-order valence-electron chi connectivity index (χ4n) is 4.13. The zero-order valence-electron chi connectivity index (χ0n) is 17.5. The molecule has 1 fully saturated rings. The first-order chi connectivity index (χ1) is 14.6. The van der Waals surface area contributed by atoms with Gasteiger partial charge in [-0.15, -0.1) is 0 Å². The Morgan fingerprint density at radius 2 is 1.83 bits per heavy atom. The van der Waals surface area contributed by atoms with Crippen molar-refractivity contribution in [3.8, 4) is 5.75 Å². The number of piperidine rings is 1. The standard InChI is InChI=1S/C24H29N3O3/c1-18-24(29)27(15-14-26-12-6-3-7-13-26)21-17-20(10-11-22(21)30-18)25-23(28)16-19-8-4-2-5-9-19/h2,4-5,8-11,17-18H,3,6-7,12-16H2,1H3,(H,25,28). The van der Waals surface area contributed by atoms with Crippen molar-refractivity contribution in [2.24, 2.45) is 0 Å². The molecule has 1 atom stereocenters. The Kier molecular flexibility index (Phi) is 6.33. The van der Waals surface area contributed by atoms with Crippen LogP contribution in [0.4, 0.5) is 11.4 Å². The van der Waals surface area contributed by atoms with Gasteiger partial charge in [0.2, 0.25) is 5.91 Å². The average Bonchev–Trinajstić information content (AvgIpc) is 2.76. The first-order valence-electron chi connectivity index (χ1n) is 10.8. The number of fused-ring (bicyclic) bond motifs is 1. The van der Waals surface area contributed by atoms with Crippen LogP contribution in [0.1, 0.15) is 31.7 Å². The molecule has 0 radical (unpaired) electrons. The molecule has 0 saturated carbocycles. The van der Waals surface area contributed by atoms with Crippen molar-refractivity contribution in [2.45, 2.75) is 38.7 Å². The second-order valence-corrected chi connectivity index (χ2v) is 8.05. The summed E-state index contributed by atoms with van der Waals surface area (Å²) < 4.78 is 5.80. The molecule has 4 rings (SSSR count). The van der Waals surface area contributed by atoms with Gasteiger partial charge >= 0.3 is 0 Å². The number of benzene rings is 2. The van der Waals surface area contributed by atoms with Crippen LogP contribution >= 0.6 is 0 Å². The highest BCUT2D eigenvalue weighted by molar-refractivity contribution is 6.01. The molecule has 2 heterocycles. The van der Waals surface area contributed by atoms with Crippen molar-refractivity contribution < 1.29 is 14.3 Å². The molecule has 0 spiro atoms. The number of rotatable bonds is 6. The normalized spacial score (nSPS) is 19.2. The van der Waals surface area contributed by atoms with Gasteiger partial charge < -0.3 is 19.9 Å². The minimum atomic E-state index is -0.502. The maximum Gasteiger partial charge on any atom is 0.267 e. The van der Waals surface area contributed by atoms with Gasteiger partial charge in [0.25, 0.3) is 5.91 Å². The van der Waals surface area contributed by atoms with Gasteiger partial charge in [-0.3, -0.25) is 9.59 Å². The molecule has 6 nitrogen and oxygen atoms in total. The molecule has 6 heteroatoms. The van der Waals surface area contributed by atoms with E-state index in [1.54, 1.807) is 6.92 Å². The molecule has 158 valence electrons. The van der Waals surface area contributed by atoms with Crippen LogP contribution in [0.2, 0.25) is 0 Å². The van der Waals surface area contributed by atoms with Crippen LogP contribution in [-0.4, -0.2) is 49.0 Å². The quantitative estimate of drug-likeness (QED) is 0.797. The fraction of sp³-hybridized carbons (Fsp3) is 0.417. The van der Waals surface area contributed by atoms with Gasteiger partial charge in [-0.1, -0.05) is 36.8 Å². The molecule has 1 N–H and O–H groups in total. The molecule has 0 bridgehead atoms. The number of hydrogen-bond donors (Lipinski definition) is 1. The zero-order valence-corrected chi connectivity index (χ0v) is 17.5. The second kappa shape index (κ2) is 9.30. The lowest BCUT2D eigenvalue weighted by Crippen LogP contribution is -2.48. The van der Waals surface area contributed by atoms with E-state index in [1.165, 1.54) is 19.3 Å². The fourth-order valence-corrected chi connectivity index (χ4v) is 4.13. The highest BCUT2D eigenvalue weighted by Gasteiger charge is 2.32. The van der Waals surface area contributed by atoms with E-state index in [9.17, 15) is 9.59 Å². The molecule has 2 aliphatic heterocycles. The molecule has 1 unspecified atom stereocenters. The summed E-state index contributed by atoms with van der Waals surface area (Å²) in [5.41, 5.74) is 2.36. The van der Waals surface area contributed by atoms with E-state index in [0.29, 0.717) is 24.4 Å². The smallest absolute Gasteiger partial charge is 0.267 e. The summed E-state index contributed by atoms with van der Waals surface area (Å²) in [6.07, 6.45) is 3.54. The van der Waals surface area contributed by atoms with Gasteiger partial charge in [0.15, 0.2) is 6.10 Å². The highest BCUT2D eigenvalue weighted by atomic mass is 16.5. The summed E-state index contributed by atoms with van der Waals surface area (Å²) in [6, 6.07) is 15.2. The molecule has 2 aromatic carbocycles. The molecular weight excluding hydrogens is 378 g/mol. The lowest BCUT2D eigenvalue weighted by atomic mass is 10.1. The number of hydrogen-bond acceptors (Lipinski definition) is 4. The van der Waals surface area contributed by atoms with Crippen molar-refractivity contribution >= 4 is 23.2 Å². The number of carbonyl (C=O) groups excluding carboxylic acids is 2. The first-order valence-corrected chi connectivity index (χ1v) is 10.8. The number of carbonyl (C=O) groups is 2. The van der Waals surface area contributed by atoms with Crippen molar-refractivity contribution in [2.75, 3.05) is 36.4 Å². The van der Waals surface area contributed by atoms with Crippen molar-refractivity contribution in [3.63, 3.8) is 0 Å². The molecule has 2 amide bonds. The van der Waals surface area contributed by atoms with Gasteiger partial charge in [0.05, 0.1) is 12.1 Å². The van der Waals surface area contributed by atoms with Crippen LogP contribution in [0.15, 0.2) is 48.5 Å². The molecule has 0 aromatic heterocycles. The number of likely N-dealkylation sites (tertiary alicyclic amines) is 1. The van der Waals surface area contributed by atoms with Gasteiger partial charge in [-0.25, -0.2) is 0 Å². The maximum absolute atomic E-state index is 12.8. The number of amides is 2. The monoisotopic (exact) mass is 407 g/mol. The van der Waals surface area contributed by atoms with E-state index in [4.69, 9.17) is 4.74 Å². The second-order valence-electron chi connectivity index (χ2n) is 8.05. The third-order valence-electron chi connectivity index (χ3n) is 5.75. The minimum absolute atomic E-state index is 0.0349. The van der Waals surface area contributed by atoms with Gasteiger partial charge in [0.1, 0.15) is 5.75 Å². The lowest BCUT2D eigenvalue weighted by molar-refractivity contribution is -0.125. The number of nitrogens with one attached hydrogen (secondary N) is 1. The van der Waals surface area contributed by atoms with Crippen LogP contribution in [-0.2, 0) is 16.0 Å². The summed E-state index contributed by atoms with van der Waals surface area (Å²) in [6.45, 7) is 5.45. The molecule has 30 heavy (non-hydrogen) atoms. The Morgan fingerprint density at radius 1 is 1.07 bits per heavy atom. The summed E-state index contributed by atoms with van der Waals surface area (Å²) in [4.78, 5) is 29.5. The predicted octanol–water partition coefficient (Wildman–Crippen LogP) is 3.47. The zero-order chi connectivity index (χ0) is 20.9. The topological polar surface area (TPSA) is 61.9 Å². The summed E-state index contributed by atoms with van der Waals surface area (Å²) in [7, 11) is 0.